The van der Waals surface area contributed by atoms with Gasteiger partial charge in [-0.05, 0) is 74.3 Å². The summed E-state index contributed by atoms with van der Waals surface area (Å²) in [6.07, 6.45) is 15.3. The quantitative estimate of drug-likeness (QED) is 0.0888. The second-order valence-electron chi connectivity index (χ2n) is 13.3. The molecule has 0 aliphatic rings. The van der Waals surface area contributed by atoms with E-state index in [0.717, 1.165) is 43.6 Å². The van der Waals surface area contributed by atoms with Crippen LogP contribution in [0.2, 0.25) is 0 Å². The van der Waals surface area contributed by atoms with Crippen LogP contribution in [-0.4, -0.2) is 30.4 Å². The van der Waals surface area contributed by atoms with Crippen LogP contribution in [0.15, 0.2) is 54.6 Å². The van der Waals surface area contributed by atoms with Gasteiger partial charge in [-0.2, -0.15) is 13.2 Å². The predicted octanol–water partition coefficient (Wildman–Crippen LogP) is 12.6. The molecule has 0 saturated heterocycles. The Kier molecular flexibility index (Phi) is 20.4. The minimum atomic E-state index is -4.33. The number of nitrogens with two attached hydrogens (primary N) is 1. The highest BCUT2D eigenvalue weighted by atomic mass is 19.4. The smallest absolute Gasteiger partial charge is 0.422 e. The molecule has 0 saturated carbocycles. The molecular formula is C40H64F3N3O. The third-order valence-electron chi connectivity index (χ3n) is 9.16. The van der Waals surface area contributed by atoms with Crippen molar-refractivity contribution >= 4 is 16.7 Å². The van der Waals surface area contributed by atoms with Crippen LogP contribution in [-0.2, 0) is 0 Å². The van der Waals surface area contributed by atoms with Crippen LogP contribution in [0.3, 0.4) is 0 Å². The van der Waals surface area contributed by atoms with E-state index in [0.29, 0.717) is 11.7 Å². The van der Waals surface area contributed by atoms with Crippen molar-refractivity contribution in [1.82, 2.24) is 4.98 Å². The van der Waals surface area contributed by atoms with Crippen molar-refractivity contribution < 1.29 is 17.9 Å². The van der Waals surface area contributed by atoms with Crippen LogP contribution in [0.5, 0.6) is 5.75 Å². The van der Waals surface area contributed by atoms with Gasteiger partial charge in [0.2, 0.25) is 0 Å². The van der Waals surface area contributed by atoms with Crippen LogP contribution in [0.4, 0.5) is 19.0 Å². The van der Waals surface area contributed by atoms with Gasteiger partial charge < -0.3 is 20.8 Å². The van der Waals surface area contributed by atoms with Crippen molar-refractivity contribution in [3.05, 3.63) is 60.2 Å². The fourth-order valence-corrected chi connectivity index (χ4v) is 6.27. The topological polar surface area (TPSA) is 63.1 Å². The Morgan fingerprint density at radius 1 is 0.745 bits per heavy atom. The molecule has 3 unspecified atom stereocenters. The SMILES string of the molecule is CCCCCCCCCCC(CCC(N)CCCCCC)C(C)c1cccc(OCC(F)(F)F)c1.CCNc1cc2ccccc2[nH]1. The summed E-state index contributed by atoms with van der Waals surface area (Å²) in [6, 6.07) is 17.9. The molecule has 4 nitrogen and oxygen atoms in total. The number of aromatic nitrogens is 1. The van der Waals surface area contributed by atoms with Crippen LogP contribution in [0, 0.1) is 5.92 Å². The lowest BCUT2D eigenvalue weighted by atomic mass is 9.80. The third-order valence-corrected chi connectivity index (χ3v) is 9.16. The summed E-state index contributed by atoms with van der Waals surface area (Å²) < 4.78 is 42.8. The average molecular weight is 660 g/mol. The highest BCUT2D eigenvalue weighted by Gasteiger charge is 2.28. The molecule has 266 valence electrons. The lowest BCUT2D eigenvalue weighted by Gasteiger charge is -2.26. The maximum Gasteiger partial charge on any atom is 0.422 e. The molecule has 3 atom stereocenters. The molecule has 0 aliphatic carbocycles. The van der Waals surface area contributed by atoms with Crippen molar-refractivity contribution in [3.63, 3.8) is 0 Å². The highest BCUT2D eigenvalue weighted by molar-refractivity contribution is 5.83. The lowest BCUT2D eigenvalue weighted by molar-refractivity contribution is -0.153. The third kappa shape index (κ3) is 17.9. The zero-order valence-electron chi connectivity index (χ0n) is 29.8. The molecule has 0 aliphatic heterocycles. The first kappa shape index (κ1) is 40.5. The van der Waals surface area contributed by atoms with E-state index in [-0.39, 0.29) is 12.0 Å². The number of rotatable bonds is 23. The largest absolute Gasteiger partial charge is 0.484 e. The molecular weight excluding hydrogens is 595 g/mol. The van der Waals surface area contributed by atoms with E-state index in [1.165, 1.54) is 88.0 Å². The van der Waals surface area contributed by atoms with E-state index in [2.05, 4.69) is 56.2 Å². The van der Waals surface area contributed by atoms with Crippen LogP contribution >= 0.6 is 0 Å². The molecule has 0 fully saturated rings. The van der Waals surface area contributed by atoms with Crippen molar-refractivity contribution in [2.45, 2.75) is 149 Å². The van der Waals surface area contributed by atoms with Gasteiger partial charge in [-0.1, -0.05) is 128 Å². The molecule has 3 rings (SSSR count). The fourth-order valence-electron chi connectivity index (χ4n) is 6.27. The number of anilines is 1. The fraction of sp³-hybridized carbons (Fsp3) is 0.650. The Morgan fingerprint density at radius 2 is 1.38 bits per heavy atom. The Hall–Kier alpha value is -2.67. The van der Waals surface area contributed by atoms with Gasteiger partial charge >= 0.3 is 6.18 Å². The summed E-state index contributed by atoms with van der Waals surface area (Å²) >= 11 is 0. The molecule has 47 heavy (non-hydrogen) atoms. The van der Waals surface area contributed by atoms with E-state index in [1.54, 1.807) is 12.1 Å². The predicted molar refractivity (Wildman–Crippen MR) is 196 cm³/mol. The lowest BCUT2D eigenvalue weighted by Crippen LogP contribution is -2.22. The second-order valence-corrected chi connectivity index (χ2v) is 13.3. The Labute approximate surface area is 283 Å². The van der Waals surface area contributed by atoms with Crippen LogP contribution in [0.1, 0.15) is 142 Å². The summed E-state index contributed by atoms with van der Waals surface area (Å²) in [5, 5.41) is 4.50. The number of benzene rings is 2. The molecule has 0 radical (unpaired) electrons. The van der Waals surface area contributed by atoms with Gasteiger partial charge in [0.15, 0.2) is 6.61 Å². The minimum Gasteiger partial charge on any atom is -0.484 e. The molecule has 0 amide bonds. The molecule has 4 N–H and O–H groups in total. The highest BCUT2D eigenvalue weighted by Crippen LogP contribution is 2.34. The van der Waals surface area contributed by atoms with Gasteiger partial charge in [0.05, 0.1) is 0 Å². The number of para-hydroxylation sites is 1. The average Bonchev–Trinajstić information content (AvgIpc) is 3.47. The number of fused-ring (bicyclic) bond motifs is 1. The zero-order chi connectivity index (χ0) is 34.3. The standard InChI is InChI=1S/C30H52F3NO.C10H12N2/c1-4-6-8-10-11-12-13-14-17-26(21-22-28(34)19-15-9-7-5-2)25(3)27-18-16-20-29(23-27)35-24-30(31,32)33;1-2-11-10-7-8-5-3-4-6-9(8)12-10/h16,18,20,23,25-26,28H,4-15,17,19,21-22,24,34H2,1-3H3;3-7,11-12H,2H2,1H3. The normalized spacial score (nSPS) is 13.5. The van der Waals surface area contributed by atoms with E-state index < -0.39 is 12.8 Å². The number of ether oxygens (including phenoxy) is 1. The van der Waals surface area contributed by atoms with Crippen LogP contribution < -0.4 is 15.8 Å². The summed E-state index contributed by atoms with van der Waals surface area (Å²) in [7, 11) is 0. The van der Waals surface area contributed by atoms with E-state index in [1.807, 2.05) is 24.3 Å². The number of hydrogen-bond donors (Lipinski definition) is 3. The number of nitrogens with one attached hydrogen (secondary N) is 2. The zero-order valence-corrected chi connectivity index (χ0v) is 29.8. The van der Waals surface area contributed by atoms with Gasteiger partial charge in [-0.3, -0.25) is 0 Å². The first-order chi connectivity index (χ1) is 22.7. The summed E-state index contributed by atoms with van der Waals surface area (Å²) in [5.41, 5.74) is 8.70. The van der Waals surface area contributed by atoms with Crippen molar-refractivity contribution in [1.29, 1.82) is 0 Å². The summed E-state index contributed by atoms with van der Waals surface area (Å²) in [6.45, 7) is 8.47. The molecule has 0 bridgehead atoms. The number of hydrogen-bond acceptors (Lipinski definition) is 3. The molecule has 7 heteroatoms. The summed E-state index contributed by atoms with van der Waals surface area (Å²) in [5.74, 6) is 2.14. The Morgan fingerprint density at radius 3 is 2.04 bits per heavy atom. The number of halogens is 3. The number of unbranched alkanes of at least 4 members (excludes halogenated alkanes) is 10. The first-order valence-corrected chi connectivity index (χ1v) is 18.5. The Balaban J connectivity index is 0.000000526. The number of aromatic amines is 1. The van der Waals surface area contributed by atoms with Crippen molar-refractivity contribution in [3.8, 4) is 5.75 Å². The van der Waals surface area contributed by atoms with Crippen molar-refractivity contribution in [2.24, 2.45) is 11.7 Å². The maximum absolute atomic E-state index is 12.6. The van der Waals surface area contributed by atoms with E-state index in [4.69, 9.17) is 10.5 Å². The number of H-pyrrole nitrogens is 1. The van der Waals surface area contributed by atoms with Crippen LogP contribution in [0.25, 0.3) is 10.9 Å². The monoisotopic (exact) mass is 660 g/mol. The van der Waals surface area contributed by atoms with E-state index >= 15 is 0 Å². The van der Waals surface area contributed by atoms with Gasteiger partial charge in [-0.25, -0.2) is 0 Å². The van der Waals surface area contributed by atoms with Gasteiger partial charge in [0.25, 0.3) is 0 Å². The maximum atomic E-state index is 12.6. The second kappa shape index (κ2) is 23.6. The molecule has 0 spiro atoms. The minimum absolute atomic E-state index is 0.238. The molecule has 1 heterocycles. The number of alkyl halides is 3. The molecule has 2 aromatic carbocycles. The first-order valence-electron chi connectivity index (χ1n) is 18.5. The van der Waals surface area contributed by atoms with Gasteiger partial charge in [0.1, 0.15) is 11.6 Å². The Bertz CT molecular complexity index is 1160. The van der Waals surface area contributed by atoms with E-state index in [9.17, 15) is 13.2 Å². The summed E-state index contributed by atoms with van der Waals surface area (Å²) in [4.78, 5) is 3.29. The van der Waals surface area contributed by atoms with Gasteiger partial charge in [-0.15, -0.1) is 0 Å². The van der Waals surface area contributed by atoms with Gasteiger partial charge in [0, 0.05) is 23.5 Å². The molecule has 3 aromatic rings. The molecule has 1 aromatic heterocycles. The van der Waals surface area contributed by atoms with Crippen molar-refractivity contribution in [2.75, 3.05) is 18.5 Å².